The van der Waals surface area contributed by atoms with Crippen LogP contribution in [0.2, 0.25) is 0 Å². The first-order valence-corrected chi connectivity index (χ1v) is 12.2. The predicted molar refractivity (Wildman–Crippen MR) is 145 cm³/mol. The zero-order valence-corrected chi connectivity index (χ0v) is 21.9. The highest BCUT2D eigenvalue weighted by Crippen LogP contribution is 2.36. The molecule has 4 rings (SSSR count). The minimum atomic E-state index is -0.510. The second-order valence-corrected chi connectivity index (χ2v) is 9.31. The SMILES string of the molecule is COc1cccc(NC(=O)/C(C#N)=C/c2cc(Br)c(OCc3cccc4ccccc34)c(Br)c2)c1. The average molecular weight is 592 g/mol. The summed E-state index contributed by atoms with van der Waals surface area (Å²) >= 11 is 7.12. The summed E-state index contributed by atoms with van der Waals surface area (Å²) in [6.07, 6.45) is 1.53. The Labute approximate surface area is 220 Å². The lowest BCUT2D eigenvalue weighted by molar-refractivity contribution is -0.112. The number of rotatable bonds is 7. The van der Waals surface area contributed by atoms with Gasteiger partial charge in [0, 0.05) is 11.8 Å². The van der Waals surface area contributed by atoms with Crippen LogP contribution in [0.15, 0.2) is 93.4 Å². The summed E-state index contributed by atoms with van der Waals surface area (Å²) < 4.78 is 12.7. The molecule has 0 spiro atoms. The maximum absolute atomic E-state index is 12.7. The number of benzene rings is 4. The van der Waals surface area contributed by atoms with Crippen molar-refractivity contribution in [2.45, 2.75) is 6.61 Å². The summed E-state index contributed by atoms with van der Waals surface area (Å²) in [5.74, 6) is 0.732. The van der Waals surface area contributed by atoms with Crippen LogP contribution in [0.1, 0.15) is 11.1 Å². The first-order valence-electron chi connectivity index (χ1n) is 10.6. The maximum atomic E-state index is 12.7. The molecule has 35 heavy (non-hydrogen) atoms. The molecule has 0 aromatic heterocycles. The van der Waals surface area contributed by atoms with Gasteiger partial charge in [0.05, 0.1) is 16.1 Å². The normalized spacial score (nSPS) is 11.1. The second kappa shape index (κ2) is 11.2. The number of fused-ring (bicyclic) bond motifs is 1. The third-order valence-corrected chi connectivity index (χ3v) is 6.45. The first kappa shape index (κ1) is 24.5. The number of carbonyl (C=O) groups is 1. The van der Waals surface area contributed by atoms with Crippen LogP contribution in [0.5, 0.6) is 11.5 Å². The lowest BCUT2D eigenvalue weighted by atomic mass is 10.1. The number of carbonyl (C=O) groups excluding carboxylic acids is 1. The van der Waals surface area contributed by atoms with Crippen molar-refractivity contribution in [3.8, 4) is 17.6 Å². The molecule has 0 atom stereocenters. The van der Waals surface area contributed by atoms with Crippen LogP contribution in [0.25, 0.3) is 16.8 Å². The van der Waals surface area contributed by atoms with Gasteiger partial charge in [0.25, 0.3) is 5.91 Å². The lowest BCUT2D eigenvalue weighted by Crippen LogP contribution is -2.13. The van der Waals surface area contributed by atoms with Gasteiger partial charge in [-0.1, -0.05) is 48.5 Å². The van der Waals surface area contributed by atoms with Gasteiger partial charge >= 0.3 is 0 Å². The van der Waals surface area contributed by atoms with Gasteiger partial charge in [-0.25, -0.2) is 0 Å². The van der Waals surface area contributed by atoms with Crippen molar-refractivity contribution in [1.29, 1.82) is 5.26 Å². The van der Waals surface area contributed by atoms with Crippen LogP contribution < -0.4 is 14.8 Å². The van der Waals surface area contributed by atoms with Crippen molar-refractivity contribution >= 4 is 60.3 Å². The fraction of sp³-hybridized carbons (Fsp3) is 0.0714. The molecule has 5 nitrogen and oxygen atoms in total. The van der Waals surface area contributed by atoms with Gasteiger partial charge in [-0.15, -0.1) is 0 Å². The molecule has 0 saturated carbocycles. The molecule has 1 amide bonds. The number of hydrogen-bond donors (Lipinski definition) is 1. The van der Waals surface area contributed by atoms with E-state index in [0.717, 1.165) is 16.3 Å². The molecule has 0 saturated heterocycles. The Bertz CT molecular complexity index is 1450. The van der Waals surface area contributed by atoms with E-state index in [-0.39, 0.29) is 5.57 Å². The molecular weight excluding hydrogens is 572 g/mol. The Kier molecular flexibility index (Phi) is 7.86. The highest BCUT2D eigenvalue weighted by molar-refractivity contribution is 9.11. The molecule has 0 aliphatic carbocycles. The Balaban J connectivity index is 1.52. The fourth-order valence-corrected chi connectivity index (χ4v) is 5.03. The average Bonchev–Trinajstić information content (AvgIpc) is 2.87. The molecule has 0 heterocycles. The van der Waals surface area contributed by atoms with Gasteiger partial charge in [0.15, 0.2) is 0 Å². The summed E-state index contributed by atoms with van der Waals surface area (Å²) in [6.45, 7) is 0.389. The lowest BCUT2D eigenvalue weighted by Gasteiger charge is -2.13. The minimum absolute atomic E-state index is 0.0314. The molecule has 0 radical (unpaired) electrons. The number of hydrogen-bond acceptors (Lipinski definition) is 4. The quantitative estimate of drug-likeness (QED) is 0.178. The Morgan fingerprint density at radius 3 is 2.46 bits per heavy atom. The van der Waals surface area contributed by atoms with Gasteiger partial charge in [-0.3, -0.25) is 4.79 Å². The van der Waals surface area contributed by atoms with E-state index in [9.17, 15) is 10.1 Å². The molecule has 0 aliphatic rings. The third kappa shape index (κ3) is 5.91. The maximum Gasteiger partial charge on any atom is 0.266 e. The number of nitrogens with one attached hydrogen (secondary N) is 1. The van der Waals surface area contributed by atoms with E-state index >= 15 is 0 Å². The topological polar surface area (TPSA) is 71.3 Å². The summed E-state index contributed by atoms with van der Waals surface area (Å²) in [7, 11) is 1.55. The van der Waals surface area contributed by atoms with E-state index in [2.05, 4.69) is 55.4 Å². The summed E-state index contributed by atoms with van der Waals surface area (Å²) in [6, 6.07) is 26.8. The third-order valence-electron chi connectivity index (χ3n) is 5.28. The van der Waals surface area contributed by atoms with Crippen LogP contribution in [0.3, 0.4) is 0 Å². The second-order valence-electron chi connectivity index (χ2n) is 7.60. The van der Waals surface area contributed by atoms with Crippen LogP contribution in [0, 0.1) is 11.3 Å². The fourth-order valence-electron chi connectivity index (χ4n) is 3.58. The number of anilines is 1. The van der Waals surface area contributed by atoms with Crippen LogP contribution in [-0.4, -0.2) is 13.0 Å². The smallest absolute Gasteiger partial charge is 0.266 e. The van der Waals surface area contributed by atoms with E-state index < -0.39 is 5.91 Å². The van der Waals surface area contributed by atoms with E-state index in [1.165, 1.54) is 6.08 Å². The van der Waals surface area contributed by atoms with Crippen molar-refractivity contribution in [3.05, 3.63) is 105 Å². The Morgan fingerprint density at radius 1 is 1.00 bits per heavy atom. The van der Waals surface area contributed by atoms with E-state index in [1.54, 1.807) is 43.5 Å². The van der Waals surface area contributed by atoms with Crippen molar-refractivity contribution in [2.24, 2.45) is 0 Å². The van der Waals surface area contributed by atoms with E-state index in [4.69, 9.17) is 9.47 Å². The van der Waals surface area contributed by atoms with E-state index in [0.29, 0.717) is 38.3 Å². The zero-order chi connectivity index (χ0) is 24.8. The number of nitriles is 1. The molecule has 7 heteroatoms. The molecule has 4 aromatic rings. The van der Waals surface area contributed by atoms with Crippen molar-refractivity contribution < 1.29 is 14.3 Å². The predicted octanol–water partition coefficient (Wildman–Crippen LogP) is 7.50. The molecule has 4 aromatic carbocycles. The monoisotopic (exact) mass is 590 g/mol. The molecule has 0 aliphatic heterocycles. The summed E-state index contributed by atoms with van der Waals surface area (Å²) in [5.41, 5.74) is 2.25. The van der Waals surface area contributed by atoms with Crippen molar-refractivity contribution in [2.75, 3.05) is 12.4 Å². The van der Waals surface area contributed by atoms with Crippen LogP contribution >= 0.6 is 31.9 Å². The highest BCUT2D eigenvalue weighted by Gasteiger charge is 2.13. The number of halogens is 2. The van der Waals surface area contributed by atoms with E-state index in [1.807, 2.05) is 30.3 Å². The summed E-state index contributed by atoms with van der Waals surface area (Å²) in [4.78, 5) is 12.7. The molecule has 1 N–H and O–H groups in total. The van der Waals surface area contributed by atoms with Gasteiger partial charge < -0.3 is 14.8 Å². The molecule has 0 fully saturated rings. The van der Waals surface area contributed by atoms with Crippen LogP contribution in [-0.2, 0) is 11.4 Å². The van der Waals surface area contributed by atoms with Crippen molar-refractivity contribution in [3.63, 3.8) is 0 Å². The van der Waals surface area contributed by atoms with Gasteiger partial charge in [-0.2, -0.15) is 5.26 Å². The Hall–Kier alpha value is -3.60. The van der Waals surface area contributed by atoms with Gasteiger partial charge in [0.1, 0.15) is 29.7 Å². The highest BCUT2D eigenvalue weighted by atomic mass is 79.9. The number of ether oxygens (including phenoxy) is 2. The largest absolute Gasteiger partial charge is 0.497 e. The minimum Gasteiger partial charge on any atom is -0.497 e. The van der Waals surface area contributed by atoms with Crippen molar-refractivity contribution in [1.82, 2.24) is 0 Å². The number of amides is 1. The molecular formula is C28H20Br2N2O3. The van der Waals surface area contributed by atoms with Gasteiger partial charge in [0.2, 0.25) is 0 Å². The van der Waals surface area contributed by atoms with Gasteiger partial charge in [-0.05, 0) is 84.1 Å². The number of nitrogens with zero attached hydrogens (tertiary/aromatic N) is 1. The number of methoxy groups -OCH3 is 1. The zero-order valence-electron chi connectivity index (χ0n) is 18.7. The molecule has 0 bridgehead atoms. The summed E-state index contributed by atoms with van der Waals surface area (Å²) in [5, 5.41) is 14.6. The van der Waals surface area contributed by atoms with Crippen LogP contribution in [0.4, 0.5) is 5.69 Å². The first-order chi connectivity index (χ1) is 17.0. The Morgan fingerprint density at radius 2 is 1.71 bits per heavy atom. The standard InChI is InChI=1S/C28H20Br2N2O3/c1-34-23-10-5-9-22(15-23)32-28(33)21(16-31)12-18-13-25(29)27(26(30)14-18)35-17-20-8-4-7-19-6-2-3-11-24(19)20/h2-15H,17H2,1H3,(H,32,33)/b21-12+. The molecule has 174 valence electrons. The molecule has 0 unspecified atom stereocenters.